The van der Waals surface area contributed by atoms with Crippen LogP contribution in [-0.2, 0) is 0 Å². The fraction of sp³-hybridized carbons (Fsp3) is 0.667. The van der Waals surface area contributed by atoms with Crippen LogP contribution in [-0.4, -0.2) is 30.7 Å². The van der Waals surface area contributed by atoms with E-state index in [0.29, 0.717) is 6.04 Å². The van der Waals surface area contributed by atoms with E-state index in [1.165, 1.54) is 24.9 Å². The topological polar surface area (TPSA) is 44.4 Å². The van der Waals surface area contributed by atoms with E-state index >= 15 is 0 Å². The molecule has 2 atom stereocenters. The van der Waals surface area contributed by atoms with Crippen LogP contribution in [0.25, 0.3) is 0 Å². The van der Waals surface area contributed by atoms with Crippen molar-refractivity contribution in [3.63, 3.8) is 0 Å². The number of carbonyl (C=O) groups is 1. The van der Waals surface area contributed by atoms with E-state index in [9.17, 15) is 4.79 Å². The van der Waals surface area contributed by atoms with Gasteiger partial charge in [0.25, 0.3) is 0 Å². The largest absolute Gasteiger partial charge is 0.371 e. The van der Waals surface area contributed by atoms with Crippen LogP contribution >= 0.6 is 0 Å². The smallest absolute Gasteiger partial charge is 0.315 e. The van der Waals surface area contributed by atoms with Gasteiger partial charge in [-0.05, 0) is 68.9 Å². The molecule has 2 saturated carbocycles. The molecular formula is C21H31N3O. The lowest BCUT2D eigenvalue weighted by Gasteiger charge is -2.43. The van der Waals surface area contributed by atoms with E-state index in [4.69, 9.17) is 0 Å². The van der Waals surface area contributed by atoms with Gasteiger partial charge in [-0.15, -0.1) is 0 Å². The van der Waals surface area contributed by atoms with Crippen molar-refractivity contribution in [3.05, 3.63) is 30.3 Å². The van der Waals surface area contributed by atoms with Crippen molar-refractivity contribution in [2.45, 2.75) is 63.5 Å². The third-order valence-corrected chi connectivity index (χ3v) is 6.57. The highest BCUT2D eigenvalue weighted by atomic mass is 16.2. The molecule has 2 amide bonds. The van der Waals surface area contributed by atoms with Crippen molar-refractivity contribution >= 4 is 11.7 Å². The summed E-state index contributed by atoms with van der Waals surface area (Å²) >= 11 is 0. The first kappa shape index (κ1) is 16.7. The summed E-state index contributed by atoms with van der Waals surface area (Å²) in [7, 11) is 0. The number of para-hydroxylation sites is 1. The zero-order valence-electron chi connectivity index (χ0n) is 15.3. The minimum absolute atomic E-state index is 0.0613. The van der Waals surface area contributed by atoms with E-state index in [-0.39, 0.29) is 11.6 Å². The van der Waals surface area contributed by atoms with Crippen LogP contribution in [0.5, 0.6) is 0 Å². The van der Waals surface area contributed by atoms with Gasteiger partial charge in [0.05, 0.1) is 0 Å². The zero-order chi connectivity index (χ0) is 17.3. The summed E-state index contributed by atoms with van der Waals surface area (Å²) in [6.45, 7) is 4.36. The minimum atomic E-state index is 0.0613. The van der Waals surface area contributed by atoms with E-state index in [1.54, 1.807) is 0 Å². The molecule has 1 saturated heterocycles. The second kappa shape index (κ2) is 6.89. The normalized spacial score (nSPS) is 28.1. The molecule has 1 aromatic carbocycles. The van der Waals surface area contributed by atoms with E-state index in [1.807, 2.05) is 0 Å². The number of rotatable bonds is 5. The summed E-state index contributed by atoms with van der Waals surface area (Å²) in [4.78, 5) is 14.9. The molecule has 0 spiro atoms. The zero-order valence-corrected chi connectivity index (χ0v) is 15.3. The lowest BCUT2D eigenvalue weighted by Crippen LogP contribution is -2.58. The average Bonchev–Trinajstić information content (AvgIpc) is 3.29. The summed E-state index contributed by atoms with van der Waals surface area (Å²) in [5, 5.41) is 6.59. The second-order valence-corrected chi connectivity index (χ2v) is 8.51. The minimum Gasteiger partial charge on any atom is -0.371 e. The Labute approximate surface area is 151 Å². The third kappa shape index (κ3) is 3.94. The first-order chi connectivity index (χ1) is 12.1. The third-order valence-electron chi connectivity index (χ3n) is 6.57. The molecule has 4 rings (SSSR count). The molecule has 1 aromatic rings. The van der Waals surface area contributed by atoms with Crippen LogP contribution in [0.3, 0.4) is 0 Å². The molecule has 2 aliphatic carbocycles. The first-order valence-electron chi connectivity index (χ1n) is 10.0. The SMILES string of the molecule is C[C@H]1CC1CC1(NC(=O)NC2CCN(c3ccccc3)CC2)CCC1. The maximum Gasteiger partial charge on any atom is 0.315 e. The molecule has 1 aliphatic heterocycles. The van der Waals surface area contributed by atoms with Crippen molar-refractivity contribution in [1.29, 1.82) is 0 Å². The van der Waals surface area contributed by atoms with Crippen molar-refractivity contribution in [1.82, 2.24) is 10.6 Å². The van der Waals surface area contributed by atoms with Crippen LogP contribution < -0.4 is 15.5 Å². The van der Waals surface area contributed by atoms with Crippen LogP contribution in [0.15, 0.2) is 30.3 Å². The highest BCUT2D eigenvalue weighted by molar-refractivity contribution is 5.75. The van der Waals surface area contributed by atoms with Gasteiger partial charge >= 0.3 is 6.03 Å². The Bertz CT molecular complexity index is 590. The van der Waals surface area contributed by atoms with Crippen LogP contribution in [0.2, 0.25) is 0 Å². The van der Waals surface area contributed by atoms with Gasteiger partial charge in [0.1, 0.15) is 0 Å². The van der Waals surface area contributed by atoms with Gasteiger partial charge in [0.15, 0.2) is 0 Å². The van der Waals surface area contributed by atoms with E-state index in [2.05, 4.69) is 52.8 Å². The number of hydrogen-bond donors (Lipinski definition) is 2. The molecule has 4 heteroatoms. The van der Waals surface area contributed by atoms with Gasteiger partial charge in [-0.25, -0.2) is 4.79 Å². The molecule has 136 valence electrons. The van der Waals surface area contributed by atoms with Gasteiger partial charge in [-0.3, -0.25) is 0 Å². The summed E-state index contributed by atoms with van der Waals surface area (Å²) in [6.07, 6.45) is 8.17. The molecule has 1 unspecified atom stereocenters. The predicted molar refractivity (Wildman–Crippen MR) is 102 cm³/mol. The maximum atomic E-state index is 12.5. The Kier molecular flexibility index (Phi) is 4.61. The Morgan fingerprint density at radius 1 is 1.20 bits per heavy atom. The van der Waals surface area contributed by atoms with E-state index in [0.717, 1.165) is 50.6 Å². The maximum absolute atomic E-state index is 12.5. The summed E-state index contributed by atoms with van der Waals surface area (Å²) in [5.41, 5.74) is 1.39. The highest BCUT2D eigenvalue weighted by Crippen LogP contribution is 2.48. The number of piperidine rings is 1. The van der Waals surface area contributed by atoms with Gasteiger partial charge in [-0.1, -0.05) is 25.1 Å². The van der Waals surface area contributed by atoms with Crippen molar-refractivity contribution < 1.29 is 4.79 Å². The fourth-order valence-corrected chi connectivity index (χ4v) is 4.55. The molecule has 25 heavy (non-hydrogen) atoms. The number of nitrogens with zero attached hydrogens (tertiary/aromatic N) is 1. The average molecular weight is 341 g/mol. The highest BCUT2D eigenvalue weighted by Gasteiger charge is 2.45. The number of carbonyl (C=O) groups excluding carboxylic acids is 1. The number of benzene rings is 1. The fourth-order valence-electron chi connectivity index (χ4n) is 4.55. The molecule has 3 aliphatic rings. The molecule has 2 N–H and O–H groups in total. The molecule has 3 fully saturated rings. The van der Waals surface area contributed by atoms with Gasteiger partial charge in [0, 0.05) is 30.4 Å². The Morgan fingerprint density at radius 2 is 1.88 bits per heavy atom. The van der Waals surface area contributed by atoms with Crippen LogP contribution in [0.4, 0.5) is 10.5 Å². The predicted octanol–water partition coefficient (Wildman–Crippen LogP) is 3.92. The molecule has 4 nitrogen and oxygen atoms in total. The Balaban J connectivity index is 1.23. The molecular weight excluding hydrogens is 310 g/mol. The Hall–Kier alpha value is -1.71. The van der Waals surface area contributed by atoms with Gasteiger partial charge < -0.3 is 15.5 Å². The number of urea groups is 1. The quantitative estimate of drug-likeness (QED) is 0.852. The monoisotopic (exact) mass is 341 g/mol. The van der Waals surface area contributed by atoms with Crippen molar-refractivity contribution in [2.24, 2.45) is 11.8 Å². The van der Waals surface area contributed by atoms with Gasteiger partial charge in [-0.2, -0.15) is 0 Å². The molecule has 0 aromatic heterocycles. The summed E-state index contributed by atoms with van der Waals surface area (Å²) < 4.78 is 0. The molecule has 0 radical (unpaired) electrons. The standard InChI is InChI=1S/C21H31N3O/c1-16-14-17(16)15-21(10-5-11-21)23-20(25)22-18-8-12-24(13-9-18)19-6-3-2-4-7-19/h2-4,6-7,16-18H,5,8-15H2,1H3,(H2,22,23,25)/t16-,17?/m0/s1. The number of amides is 2. The van der Waals surface area contributed by atoms with Crippen molar-refractivity contribution in [2.75, 3.05) is 18.0 Å². The summed E-state index contributed by atoms with van der Waals surface area (Å²) in [5.74, 6) is 1.71. The second-order valence-electron chi connectivity index (χ2n) is 8.51. The van der Waals surface area contributed by atoms with Crippen molar-refractivity contribution in [3.8, 4) is 0 Å². The number of anilines is 1. The van der Waals surface area contributed by atoms with Crippen LogP contribution in [0.1, 0.15) is 51.9 Å². The number of hydrogen-bond acceptors (Lipinski definition) is 2. The van der Waals surface area contributed by atoms with E-state index < -0.39 is 0 Å². The first-order valence-corrected chi connectivity index (χ1v) is 10.0. The molecule has 0 bridgehead atoms. The molecule has 1 heterocycles. The lowest BCUT2D eigenvalue weighted by molar-refractivity contribution is 0.156. The summed E-state index contributed by atoms with van der Waals surface area (Å²) in [6, 6.07) is 10.9. The lowest BCUT2D eigenvalue weighted by atomic mass is 9.73. The van der Waals surface area contributed by atoms with Crippen LogP contribution in [0, 0.1) is 11.8 Å². The Morgan fingerprint density at radius 3 is 2.44 bits per heavy atom. The van der Waals surface area contributed by atoms with Gasteiger partial charge in [0.2, 0.25) is 0 Å². The number of nitrogens with one attached hydrogen (secondary N) is 2.